The van der Waals surface area contributed by atoms with Crippen molar-refractivity contribution in [1.82, 2.24) is 18.7 Å². The highest BCUT2D eigenvalue weighted by Gasteiger charge is 2.20. The average Bonchev–Trinajstić information content (AvgIpc) is 3.20. The lowest BCUT2D eigenvalue weighted by Gasteiger charge is -2.15. The summed E-state index contributed by atoms with van der Waals surface area (Å²) in [4.78, 5) is 42.8. The molecule has 1 atom stereocenters. The van der Waals surface area contributed by atoms with Crippen LogP contribution < -0.4 is 21.7 Å². The summed E-state index contributed by atoms with van der Waals surface area (Å²) in [6.07, 6.45) is 9.32. The van der Waals surface area contributed by atoms with Gasteiger partial charge in [0.05, 0.1) is 20.3 Å². The molecule has 3 rings (SSSR count). The number of rotatable bonds is 10. The molecule has 37 heavy (non-hydrogen) atoms. The second kappa shape index (κ2) is 12.9. The van der Waals surface area contributed by atoms with Crippen LogP contribution in [-0.2, 0) is 29.7 Å². The minimum absolute atomic E-state index is 0. The van der Waals surface area contributed by atoms with Crippen molar-refractivity contribution < 1.29 is 14.3 Å². The molecule has 0 fully saturated rings. The van der Waals surface area contributed by atoms with Gasteiger partial charge in [0.2, 0.25) is 0 Å². The first-order valence-corrected chi connectivity index (χ1v) is 11.6. The number of carbonyl (C=O) groups excluding carboxylic acids is 1. The van der Waals surface area contributed by atoms with Crippen molar-refractivity contribution >= 4 is 41.7 Å². The van der Waals surface area contributed by atoms with Gasteiger partial charge in [0.15, 0.2) is 11.2 Å². The Morgan fingerprint density at radius 2 is 1.97 bits per heavy atom. The topological polar surface area (TPSA) is 123 Å². The monoisotopic (exact) mass is 529 g/mol. The molecule has 0 saturated carbocycles. The molecule has 0 radical (unpaired) electrons. The van der Waals surface area contributed by atoms with E-state index >= 15 is 0 Å². The molecule has 0 saturated heterocycles. The Morgan fingerprint density at radius 3 is 2.62 bits per heavy atom. The van der Waals surface area contributed by atoms with Gasteiger partial charge in [-0.3, -0.25) is 14.2 Å². The molecule has 0 bridgehead atoms. The highest BCUT2D eigenvalue weighted by molar-refractivity contribution is 5.85. The Kier molecular flexibility index (Phi) is 10.3. The number of methoxy groups -OCH3 is 1. The maximum absolute atomic E-state index is 13.1. The van der Waals surface area contributed by atoms with E-state index in [4.69, 9.17) is 21.6 Å². The fourth-order valence-electron chi connectivity index (χ4n) is 3.64. The first-order chi connectivity index (χ1) is 17.2. The summed E-state index contributed by atoms with van der Waals surface area (Å²) in [5.74, 6) is 3.00. The summed E-state index contributed by atoms with van der Waals surface area (Å²) in [6.45, 7) is 3.72. The predicted octanol–water partition coefficient (Wildman–Crippen LogP) is 2.05. The number of fused-ring (bicyclic) bond motifs is 1. The van der Waals surface area contributed by atoms with Crippen LogP contribution in [0.3, 0.4) is 0 Å². The molecule has 0 amide bonds. The van der Waals surface area contributed by atoms with E-state index in [2.05, 4.69) is 10.9 Å². The molecule has 0 aliphatic carbocycles. The summed E-state index contributed by atoms with van der Waals surface area (Å²) >= 11 is 0. The lowest BCUT2D eigenvalue weighted by Crippen LogP contribution is -2.40. The van der Waals surface area contributed by atoms with Crippen molar-refractivity contribution in [1.29, 1.82) is 0 Å². The van der Waals surface area contributed by atoms with Crippen LogP contribution in [0.2, 0.25) is 0 Å². The number of terminal acetylenes is 1. The molecular formula is C26H32ClN5O5. The number of benzene rings is 1. The van der Waals surface area contributed by atoms with Crippen LogP contribution in [0.5, 0.6) is 5.75 Å². The van der Waals surface area contributed by atoms with Crippen LogP contribution in [-0.4, -0.2) is 44.4 Å². The van der Waals surface area contributed by atoms with Crippen LogP contribution in [0.25, 0.3) is 23.3 Å². The van der Waals surface area contributed by atoms with Gasteiger partial charge >= 0.3 is 11.7 Å². The largest absolute Gasteiger partial charge is 0.497 e. The van der Waals surface area contributed by atoms with Gasteiger partial charge in [-0.15, -0.1) is 18.8 Å². The van der Waals surface area contributed by atoms with Crippen LogP contribution >= 0.6 is 12.4 Å². The Labute approximate surface area is 221 Å². The second-order valence-corrected chi connectivity index (χ2v) is 8.63. The van der Waals surface area contributed by atoms with Crippen LogP contribution in [0.15, 0.2) is 33.9 Å². The highest BCUT2D eigenvalue weighted by atomic mass is 35.5. The summed E-state index contributed by atoms with van der Waals surface area (Å²) in [5, 5.41) is 0. The van der Waals surface area contributed by atoms with Crippen LogP contribution in [0.1, 0.15) is 31.7 Å². The van der Waals surface area contributed by atoms with Gasteiger partial charge in [0.25, 0.3) is 5.56 Å². The van der Waals surface area contributed by atoms with E-state index in [9.17, 15) is 14.4 Å². The third-order valence-corrected chi connectivity index (χ3v) is 5.81. The number of aromatic nitrogens is 4. The van der Waals surface area contributed by atoms with E-state index < -0.39 is 23.3 Å². The molecular weight excluding hydrogens is 498 g/mol. The quantitative estimate of drug-likeness (QED) is 0.242. The predicted molar refractivity (Wildman–Crippen MR) is 146 cm³/mol. The first-order valence-electron chi connectivity index (χ1n) is 11.6. The lowest BCUT2D eigenvalue weighted by atomic mass is 10.1. The molecule has 2 N–H and O–H groups in total. The molecule has 3 aromatic rings. The number of esters is 1. The maximum atomic E-state index is 13.1. The van der Waals surface area contributed by atoms with Crippen molar-refractivity contribution in [2.24, 2.45) is 18.7 Å². The Morgan fingerprint density at radius 1 is 1.24 bits per heavy atom. The number of hydrogen-bond acceptors (Lipinski definition) is 7. The number of halogens is 1. The SMILES string of the molecule is C#CCn1c(=O)c2c(nc(/C=C/c3cccc(OC)c3)n2C)n(CCCOC(=O)[C@@H](N)C(C)C)c1=O.Cl. The molecule has 0 unspecified atom stereocenters. The van der Waals surface area contributed by atoms with E-state index in [1.165, 1.54) is 4.57 Å². The number of aryl methyl sites for hydroxylation is 2. The third kappa shape index (κ3) is 6.50. The molecule has 2 aromatic heterocycles. The number of nitrogens with two attached hydrogens (primary N) is 1. The van der Waals surface area contributed by atoms with Gasteiger partial charge in [-0.1, -0.05) is 38.0 Å². The minimum atomic E-state index is -0.716. The molecule has 198 valence electrons. The number of hydrogen-bond donors (Lipinski definition) is 1. The maximum Gasteiger partial charge on any atom is 0.333 e. The lowest BCUT2D eigenvalue weighted by molar-refractivity contribution is -0.146. The zero-order chi connectivity index (χ0) is 26.4. The van der Waals surface area contributed by atoms with Gasteiger partial charge in [0.1, 0.15) is 17.6 Å². The van der Waals surface area contributed by atoms with Gasteiger partial charge in [-0.05, 0) is 36.1 Å². The average molecular weight is 530 g/mol. The summed E-state index contributed by atoms with van der Waals surface area (Å²) < 4.78 is 14.5. The fourth-order valence-corrected chi connectivity index (χ4v) is 3.64. The van der Waals surface area contributed by atoms with Crippen LogP contribution in [0.4, 0.5) is 0 Å². The number of nitrogens with zero attached hydrogens (tertiary/aromatic N) is 4. The smallest absolute Gasteiger partial charge is 0.333 e. The first kappa shape index (κ1) is 29.4. The molecule has 0 aliphatic heterocycles. The van der Waals surface area contributed by atoms with Gasteiger partial charge in [0, 0.05) is 13.6 Å². The summed E-state index contributed by atoms with van der Waals surface area (Å²) in [5.41, 5.74) is 6.08. The van der Waals surface area contributed by atoms with Crippen molar-refractivity contribution in [3.63, 3.8) is 0 Å². The van der Waals surface area contributed by atoms with Gasteiger partial charge in [-0.2, -0.15) is 0 Å². The molecule has 0 spiro atoms. The zero-order valence-corrected chi connectivity index (χ0v) is 22.2. The normalized spacial score (nSPS) is 11.9. The van der Waals surface area contributed by atoms with E-state index in [-0.39, 0.29) is 49.2 Å². The molecule has 0 aliphatic rings. The third-order valence-electron chi connectivity index (χ3n) is 5.81. The number of imidazole rings is 1. The van der Waals surface area contributed by atoms with Crippen LogP contribution in [0, 0.1) is 18.3 Å². The van der Waals surface area contributed by atoms with Crippen molar-refractivity contribution in [3.8, 4) is 18.1 Å². The summed E-state index contributed by atoms with van der Waals surface area (Å²) in [6, 6.07) is 6.76. The summed E-state index contributed by atoms with van der Waals surface area (Å²) in [7, 11) is 3.29. The highest BCUT2D eigenvalue weighted by Crippen LogP contribution is 2.17. The van der Waals surface area contributed by atoms with Gasteiger partial charge < -0.3 is 19.8 Å². The van der Waals surface area contributed by atoms with Crippen molar-refractivity contribution in [2.45, 2.75) is 39.4 Å². The van der Waals surface area contributed by atoms with E-state index in [0.717, 1.165) is 10.1 Å². The molecule has 10 nitrogen and oxygen atoms in total. The second-order valence-electron chi connectivity index (χ2n) is 8.63. The van der Waals surface area contributed by atoms with E-state index in [1.807, 2.05) is 44.2 Å². The molecule has 1 aromatic carbocycles. The zero-order valence-electron chi connectivity index (χ0n) is 21.3. The van der Waals surface area contributed by atoms with Gasteiger partial charge in [-0.25, -0.2) is 14.3 Å². The fraction of sp³-hybridized carbons (Fsp3) is 0.385. The molecule has 11 heteroatoms. The number of ether oxygens (including phenoxy) is 2. The Bertz CT molecular complexity index is 1440. The van der Waals surface area contributed by atoms with Crippen molar-refractivity contribution in [3.05, 3.63) is 56.5 Å². The van der Waals surface area contributed by atoms with Crippen molar-refractivity contribution in [2.75, 3.05) is 13.7 Å². The Balaban J connectivity index is 0.00000481. The van der Waals surface area contributed by atoms with E-state index in [0.29, 0.717) is 18.0 Å². The minimum Gasteiger partial charge on any atom is -0.497 e. The molecule has 2 heterocycles. The standard InChI is InChI=1S/C26H31N5O5.ClH/c1-6-13-31-24(32)22-23(30(26(31)34)14-8-15-36-25(33)21(27)17(2)3)28-20(29(22)4)12-11-18-9-7-10-19(16-18)35-5;/h1,7,9-12,16-17,21H,8,13-15,27H2,2-5H3;1H/b12-11+;/t21-;/m0./s1. The Hall–Kier alpha value is -3.81. The van der Waals surface area contributed by atoms with E-state index in [1.54, 1.807) is 24.8 Å². The number of carbonyl (C=O) groups is 1.